The first kappa shape index (κ1) is 16.0. The summed E-state index contributed by atoms with van der Waals surface area (Å²) < 4.78 is 0.973. The molecule has 21 heavy (non-hydrogen) atoms. The summed E-state index contributed by atoms with van der Waals surface area (Å²) in [4.78, 5) is 11.0. The van der Waals surface area contributed by atoms with Gasteiger partial charge in [-0.3, -0.25) is 4.79 Å². The molecule has 108 valence electrons. The number of nitrogens with one attached hydrogen (secondary N) is 2. The lowest BCUT2D eigenvalue weighted by Gasteiger charge is -2.11. The van der Waals surface area contributed by atoms with Crippen molar-refractivity contribution in [1.82, 2.24) is 0 Å². The van der Waals surface area contributed by atoms with Crippen LogP contribution in [-0.2, 0) is 0 Å². The molecular formula is C14H11ClIN3OS. The highest BCUT2D eigenvalue weighted by molar-refractivity contribution is 14.1. The third-order valence-electron chi connectivity index (χ3n) is 2.60. The number of nitrogens with two attached hydrogens (primary N) is 1. The molecule has 4 nitrogen and oxygen atoms in total. The molecule has 0 bridgehead atoms. The van der Waals surface area contributed by atoms with Crippen molar-refractivity contribution in [2.75, 3.05) is 10.6 Å². The fourth-order valence-electron chi connectivity index (χ4n) is 1.59. The second-order valence-corrected chi connectivity index (χ2v) is 6.13. The van der Waals surface area contributed by atoms with Crippen LogP contribution in [0.15, 0.2) is 42.5 Å². The Balaban J connectivity index is 2.01. The molecule has 0 radical (unpaired) electrons. The van der Waals surface area contributed by atoms with Gasteiger partial charge in [0.15, 0.2) is 5.11 Å². The summed E-state index contributed by atoms with van der Waals surface area (Å²) in [5, 5.41) is 7.14. The van der Waals surface area contributed by atoms with Gasteiger partial charge in [-0.25, -0.2) is 0 Å². The second-order valence-electron chi connectivity index (χ2n) is 4.15. The van der Waals surface area contributed by atoms with Crippen molar-refractivity contribution in [1.29, 1.82) is 0 Å². The van der Waals surface area contributed by atoms with Crippen molar-refractivity contribution in [3.63, 3.8) is 0 Å². The van der Waals surface area contributed by atoms with Gasteiger partial charge in [0.25, 0.3) is 0 Å². The molecule has 0 unspecified atom stereocenters. The smallest absolute Gasteiger partial charge is 0.248 e. The van der Waals surface area contributed by atoms with E-state index in [4.69, 9.17) is 29.6 Å². The number of halogens is 2. The molecular weight excluding hydrogens is 421 g/mol. The van der Waals surface area contributed by atoms with Crippen molar-refractivity contribution in [2.24, 2.45) is 5.73 Å². The number of anilines is 2. The Morgan fingerprint density at radius 3 is 2.24 bits per heavy atom. The lowest BCUT2D eigenvalue weighted by molar-refractivity contribution is 0.100. The Hall–Kier alpha value is -1.38. The van der Waals surface area contributed by atoms with E-state index in [1.54, 1.807) is 30.3 Å². The molecule has 0 saturated heterocycles. The fourth-order valence-corrected chi connectivity index (χ4v) is 2.34. The summed E-state index contributed by atoms with van der Waals surface area (Å²) in [6, 6.07) is 12.3. The number of hydrogen-bond donors (Lipinski definition) is 3. The Bertz CT molecular complexity index is 691. The molecule has 1 amide bonds. The summed E-state index contributed by atoms with van der Waals surface area (Å²) >= 11 is 13.4. The third kappa shape index (κ3) is 4.55. The predicted molar refractivity (Wildman–Crippen MR) is 99.0 cm³/mol. The van der Waals surface area contributed by atoms with E-state index in [1.165, 1.54) is 0 Å². The molecule has 0 saturated carbocycles. The van der Waals surface area contributed by atoms with Crippen LogP contribution in [0.25, 0.3) is 0 Å². The first-order valence-electron chi connectivity index (χ1n) is 5.88. The van der Waals surface area contributed by atoms with Crippen LogP contribution in [0.3, 0.4) is 0 Å². The Morgan fingerprint density at radius 1 is 1.10 bits per heavy atom. The molecule has 4 N–H and O–H groups in total. The lowest BCUT2D eigenvalue weighted by atomic mass is 10.2. The highest BCUT2D eigenvalue weighted by Gasteiger charge is 2.03. The van der Waals surface area contributed by atoms with Gasteiger partial charge in [0.1, 0.15) is 0 Å². The van der Waals surface area contributed by atoms with Gasteiger partial charge >= 0.3 is 0 Å². The van der Waals surface area contributed by atoms with Crippen LogP contribution in [0.4, 0.5) is 11.4 Å². The van der Waals surface area contributed by atoms with Crippen LogP contribution in [-0.4, -0.2) is 11.0 Å². The number of primary amides is 1. The monoisotopic (exact) mass is 431 g/mol. The van der Waals surface area contributed by atoms with Crippen LogP contribution in [0.2, 0.25) is 5.02 Å². The fraction of sp³-hybridized carbons (Fsp3) is 0. The van der Waals surface area contributed by atoms with Crippen LogP contribution < -0.4 is 16.4 Å². The van der Waals surface area contributed by atoms with Gasteiger partial charge in [-0.05, 0) is 77.3 Å². The molecule has 2 aromatic rings. The maximum absolute atomic E-state index is 11.0. The van der Waals surface area contributed by atoms with Crippen molar-refractivity contribution < 1.29 is 4.79 Å². The normalized spacial score (nSPS) is 10.0. The largest absolute Gasteiger partial charge is 0.366 e. The molecule has 7 heteroatoms. The van der Waals surface area contributed by atoms with E-state index >= 15 is 0 Å². The second kappa shape index (κ2) is 7.06. The molecule has 0 aliphatic carbocycles. The molecule has 0 aromatic heterocycles. The van der Waals surface area contributed by atoms with Gasteiger partial charge in [0, 0.05) is 20.5 Å². The predicted octanol–water partition coefficient (Wildman–Crippen LogP) is 3.85. The number of carbonyl (C=O) groups excluding carboxylic acids is 1. The first-order chi connectivity index (χ1) is 9.95. The standard InChI is InChI=1S/C14H11ClIN3OS/c15-11-7-10(5-6-12(11)16)19-14(21)18-9-3-1-8(2-4-9)13(17)20/h1-7H,(H2,17,20)(H2,18,19,21). The molecule has 0 aliphatic heterocycles. The number of benzene rings is 2. The van der Waals surface area contributed by atoms with Crippen LogP contribution in [0.1, 0.15) is 10.4 Å². The molecule has 2 aromatic carbocycles. The summed E-state index contributed by atoms with van der Waals surface area (Å²) in [5.74, 6) is -0.462. The van der Waals surface area contributed by atoms with Crippen molar-refractivity contribution >= 4 is 68.8 Å². The average molecular weight is 432 g/mol. The number of carbonyl (C=O) groups is 1. The zero-order chi connectivity index (χ0) is 15.4. The third-order valence-corrected chi connectivity index (χ3v) is 4.38. The Labute approximate surface area is 146 Å². The van der Waals surface area contributed by atoms with Gasteiger partial charge < -0.3 is 16.4 Å². The van der Waals surface area contributed by atoms with Gasteiger partial charge in [-0.1, -0.05) is 11.6 Å². The van der Waals surface area contributed by atoms with Gasteiger partial charge in [0.2, 0.25) is 5.91 Å². The highest BCUT2D eigenvalue weighted by atomic mass is 127. The number of rotatable bonds is 3. The molecule has 0 heterocycles. The molecule has 2 rings (SSSR count). The topological polar surface area (TPSA) is 67.2 Å². The van der Waals surface area contributed by atoms with Gasteiger partial charge in [0.05, 0.1) is 5.02 Å². The van der Waals surface area contributed by atoms with E-state index in [-0.39, 0.29) is 0 Å². The summed E-state index contributed by atoms with van der Waals surface area (Å²) in [6.07, 6.45) is 0. The van der Waals surface area contributed by atoms with Gasteiger partial charge in [-0.15, -0.1) is 0 Å². The summed E-state index contributed by atoms with van der Waals surface area (Å²) in [7, 11) is 0. The van der Waals surface area contributed by atoms with Crippen molar-refractivity contribution in [2.45, 2.75) is 0 Å². The minimum absolute atomic E-state index is 0.430. The molecule has 0 aliphatic rings. The quantitative estimate of drug-likeness (QED) is 0.510. The van der Waals surface area contributed by atoms with E-state index in [0.29, 0.717) is 15.7 Å². The minimum atomic E-state index is -0.462. The molecule has 0 atom stereocenters. The maximum atomic E-state index is 11.0. The maximum Gasteiger partial charge on any atom is 0.248 e. The minimum Gasteiger partial charge on any atom is -0.366 e. The number of amides is 1. The lowest BCUT2D eigenvalue weighted by Crippen LogP contribution is -2.19. The summed E-state index contributed by atoms with van der Waals surface area (Å²) in [6.45, 7) is 0. The summed E-state index contributed by atoms with van der Waals surface area (Å²) in [5.41, 5.74) is 7.19. The van der Waals surface area contributed by atoms with Gasteiger partial charge in [-0.2, -0.15) is 0 Å². The van der Waals surface area contributed by atoms with Crippen LogP contribution in [0.5, 0.6) is 0 Å². The zero-order valence-electron chi connectivity index (χ0n) is 10.7. The van der Waals surface area contributed by atoms with E-state index in [9.17, 15) is 4.79 Å². The Kier molecular flexibility index (Phi) is 5.38. The van der Waals surface area contributed by atoms with Crippen molar-refractivity contribution in [3.8, 4) is 0 Å². The van der Waals surface area contributed by atoms with E-state index in [0.717, 1.165) is 14.9 Å². The molecule has 0 spiro atoms. The highest BCUT2D eigenvalue weighted by Crippen LogP contribution is 2.22. The van der Waals surface area contributed by atoms with E-state index in [1.807, 2.05) is 12.1 Å². The van der Waals surface area contributed by atoms with E-state index < -0.39 is 5.91 Å². The van der Waals surface area contributed by atoms with Crippen molar-refractivity contribution in [3.05, 3.63) is 56.6 Å². The Morgan fingerprint density at radius 2 is 1.67 bits per heavy atom. The molecule has 0 fully saturated rings. The SMILES string of the molecule is NC(=O)c1ccc(NC(=S)Nc2ccc(I)c(Cl)c2)cc1. The van der Waals surface area contributed by atoms with E-state index in [2.05, 4.69) is 33.2 Å². The number of thiocarbonyl (C=S) groups is 1. The first-order valence-corrected chi connectivity index (χ1v) is 7.75. The number of hydrogen-bond acceptors (Lipinski definition) is 2. The van der Waals surface area contributed by atoms with Crippen LogP contribution >= 0.6 is 46.4 Å². The average Bonchev–Trinajstić information content (AvgIpc) is 2.43. The van der Waals surface area contributed by atoms with Crippen LogP contribution in [0, 0.1) is 3.57 Å². The zero-order valence-corrected chi connectivity index (χ0v) is 14.4.